The molecule has 0 atom stereocenters. The van der Waals surface area contributed by atoms with E-state index in [0.717, 1.165) is 7.11 Å². The van der Waals surface area contributed by atoms with Crippen molar-refractivity contribution < 1.29 is 27.6 Å². The third-order valence-corrected chi connectivity index (χ3v) is 4.62. The molecule has 1 aromatic heterocycles. The minimum absolute atomic E-state index is 0.00936. The fourth-order valence-corrected chi connectivity index (χ4v) is 3.38. The van der Waals surface area contributed by atoms with Gasteiger partial charge in [0.2, 0.25) is 5.82 Å². The topological polar surface area (TPSA) is 85.2 Å². The normalized spacial score (nSPS) is 11.5. The maximum Gasteiger partial charge on any atom is 0.449 e. The molecule has 30 heavy (non-hydrogen) atoms. The number of anilines is 1. The van der Waals surface area contributed by atoms with Crippen LogP contribution >= 0.6 is 23.2 Å². The largest absolute Gasteiger partial charge is 0.449 e. The Balaban J connectivity index is 2.08. The number of carbonyl (C=O) groups is 2. The first-order valence-corrected chi connectivity index (χ1v) is 9.02. The number of imidazole rings is 1. The number of carbonyl (C=O) groups excluding carboxylic acids is 2. The van der Waals surface area contributed by atoms with E-state index in [1.807, 2.05) is 5.48 Å². The minimum atomic E-state index is -4.85. The Hall–Kier alpha value is -2.82. The van der Waals surface area contributed by atoms with E-state index in [4.69, 9.17) is 23.2 Å². The van der Waals surface area contributed by atoms with Gasteiger partial charge < -0.3 is 9.88 Å². The van der Waals surface area contributed by atoms with Crippen LogP contribution in [0.2, 0.25) is 10.0 Å². The standard InChI is InChI=1S/C18H13Cl2F3N4O3/c1-30-26-13(28)8-27-12-7-3-6-11(15(12)25-17(27)18(21,22)23)24-16(29)14-9(19)4-2-5-10(14)20/h2-7H,8H2,1H3,(H,24,29)(H,26,28). The molecule has 0 spiro atoms. The van der Waals surface area contributed by atoms with Crippen molar-refractivity contribution in [3.8, 4) is 0 Å². The van der Waals surface area contributed by atoms with Crippen LogP contribution in [0.25, 0.3) is 11.0 Å². The average molecular weight is 461 g/mol. The van der Waals surface area contributed by atoms with Crippen molar-refractivity contribution >= 4 is 51.7 Å². The number of alkyl halides is 3. The highest BCUT2D eigenvalue weighted by Gasteiger charge is 2.38. The summed E-state index contributed by atoms with van der Waals surface area (Å²) in [5.41, 5.74) is 1.73. The van der Waals surface area contributed by atoms with Gasteiger partial charge in [0, 0.05) is 0 Å². The van der Waals surface area contributed by atoms with Gasteiger partial charge in [0.1, 0.15) is 12.1 Å². The summed E-state index contributed by atoms with van der Waals surface area (Å²) in [5, 5.41) is 2.63. The van der Waals surface area contributed by atoms with E-state index >= 15 is 0 Å². The molecule has 0 unspecified atom stereocenters. The van der Waals surface area contributed by atoms with Gasteiger partial charge in [-0.1, -0.05) is 35.3 Å². The van der Waals surface area contributed by atoms with Crippen LogP contribution in [-0.4, -0.2) is 28.5 Å². The van der Waals surface area contributed by atoms with E-state index in [0.29, 0.717) is 4.57 Å². The third-order valence-electron chi connectivity index (χ3n) is 3.99. The summed E-state index contributed by atoms with van der Waals surface area (Å²) in [5.74, 6) is -2.85. The SMILES string of the molecule is CONC(=O)Cn1c(C(F)(F)F)nc2c(NC(=O)c3c(Cl)cccc3Cl)cccc21. The van der Waals surface area contributed by atoms with Gasteiger partial charge in [-0.3, -0.25) is 14.4 Å². The molecule has 12 heteroatoms. The summed E-state index contributed by atoms with van der Waals surface area (Å²) in [7, 11) is 1.15. The number of para-hydroxylation sites is 1. The summed E-state index contributed by atoms with van der Waals surface area (Å²) in [6.45, 7) is -0.701. The number of aromatic nitrogens is 2. The fourth-order valence-electron chi connectivity index (χ4n) is 2.81. The van der Waals surface area contributed by atoms with E-state index in [9.17, 15) is 22.8 Å². The molecular weight excluding hydrogens is 448 g/mol. The summed E-state index contributed by atoms with van der Waals surface area (Å²) in [6, 6.07) is 8.58. The van der Waals surface area contributed by atoms with Crippen molar-refractivity contribution in [2.24, 2.45) is 0 Å². The van der Waals surface area contributed by atoms with Gasteiger partial charge in [0.05, 0.1) is 33.9 Å². The highest BCUT2D eigenvalue weighted by atomic mass is 35.5. The molecule has 0 fully saturated rings. The van der Waals surface area contributed by atoms with Crippen LogP contribution in [0, 0.1) is 0 Å². The van der Waals surface area contributed by atoms with Crippen LogP contribution in [0.3, 0.4) is 0 Å². The molecule has 0 radical (unpaired) electrons. The second kappa shape index (κ2) is 8.50. The Morgan fingerprint density at radius 2 is 1.77 bits per heavy atom. The predicted octanol–water partition coefficient (Wildman–Crippen LogP) is 4.29. The monoisotopic (exact) mass is 460 g/mol. The molecule has 1 heterocycles. The molecule has 0 aliphatic carbocycles. The predicted molar refractivity (Wildman–Crippen MR) is 104 cm³/mol. The van der Waals surface area contributed by atoms with E-state index in [1.54, 1.807) is 6.07 Å². The molecule has 2 N–H and O–H groups in total. The van der Waals surface area contributed by atoms with Gasteiger partial charge in [-0.2, -0.15) is 13.2 Å². The zero-order valence-electron chi connectivity index (χ0n) is 15.2. The van der Waals surface area contributed by atoms with Crippen molar-refractivity contribution in [2.75, 3.05) is 12.4 Å². The summed E-state index contributed by atoms with van der Waals surface area (Å²) in [6.07, 6.45) is -4.85. The lowest BCUT2D eigenvalue weighted by molar-refractivity contribution is -0.148. The van der Waals surface area contributed by atoms with Crippen molar-refractivity contribution in [2.45, 2.75) is 12.7 Å². The van der Waals surface area contributed by atoms with Gasteiger partial charge in [-0.25, -0.2) is 10.5 Å². The minimum Gasteiger partial charge on any atom is -0.320 e. The zero-order chi connectivity index (χ0) is 22.1. The molecule has 158 valence electrons. The van der Waals surface area contributed by atoms with Gasteiger partial charge in [-0.15, -0.1) is 0 Å². The maximum atomic E-state index is 13.5. The van der Waals surface area contributed by atoms with Crippen LogP contribution in [0.5, 0.6) is 0 Å². The van der Waals surface area contributed by atoms with E-state index in [1.165, 1.54) is 30.3 Å². The Morgan fingerprint density at radius 1 is 1.13 bits per heavy atom. The molecule has 3 rings (SSSR count). The summed E-state index contributed by atoms with van der Waals surface area (Å²) < 4.78 is 41.2. The second-order valence-electron chi connectivity index (χ2n) is 5.97. The molecular formula is C18H13Cl2F3N4O3. The number of hydroxylamine groups is 1. The lowest BCUT2D eigenvalue weighted by Crippen LogP contribution is -2.28. The Kier molecular flexibility index (Phi) is 6.20. The number of fused-ring (bicyclic) bond motifs is 1. The Morgan fingerprint density at radius 3 is 2.37 bits per heavy atom. The summed E-state index contributed by atoms with van der Waals surface area (Å²) >= 11 is 12.0. The molecule has 0 saturated carbocycles. The first kappa shape index (κ1) is 21.9. The van der Waals surface area contributed by atoms with E-state index in [-0.39, 0.29) is 32.3 Å². The number of rotatable bonds is 5. The van der Waals surface area contributed by atoms with Crippen LogP contribution in [0.15, 0.2) is 36.4 Å². The number of halogens is 5. The number of benzene rings is 2. The van der Waals surface area contributed by atoms with Crippen molar-refractivity contribution in [1.29, 1.82) is 0 Å². The van der Waals surface area contributed by atoms with Crippen LogP contribution in [0.1, 0.15) is 16.2 Å². The molecule has 3 aromatic rings. The molecule has 2 amide bonds. The number of nitrogens with zero attached hydrogens (tertiary/aromatic N) is 2. The molecule has 0 aliphatic heterocycles. The van der Waals surface area contributed by atoms with Crippen LogP contribution in [-0.2, 0) is 22.4 Å². The third kappa shape index (κ3) is 4.35. The highest BCUT2D eigenvalue weighted by molar-refractivity contribution is 6.40. The number of hydrogen-bond donors (Lipinski definition) is 2. The fraction of sp³-hybridized carbons (Fsp3) is 0.167. The van der Waals surface area contributed by atoms with Crippen molar-refractivity contribution in [3.05, 3.63) is 57.8 Å². The summed E-state index contributed by atoms with van der Waals surface area (Å²) in [4.78, 5) is 32.5. The number of hydrogen-bond acceptors (Lipinski definition) is 4. The van der Waals surface area contributed by atoms with Gasteiger partial charge in [0.15, 0.2) is 0 Å². The maximum absolute atomic E-state index is 13.5. The molecule has 0 bridgehead atoms. The van der Waals surface area contributed by atoms with Gasteiger partial charge >= 0.3 is 6.18 Å². The zero-order valence-corrected chi connectivity index (χ0v) is 16.7. The number of amides is 2. The lowest BCUT2D eigenvalue weighted by atomic mass is 10.2. The van der Waals surface area contributed by atoms with Crippen molar-refractivity contribution in [1.82, 2.24) is 15.0 Å². The first-order chi connectivity index (χ1) is 14.1. The first-order valence-electron chi connectivity index (χ1n) is 8.27. The van der Waals surface area contributed by atoms with Crippen LogP contribution in [0.4, 0.5) is 18.9 Å². The van der Waals surface area contributed by atoms with E-state index in [2.05, 4.69) is 15.1 Å². The Bertz CT molecular complexity index is 1110. The van der Waals surface area contributed by atoms with Crippen molar-refractivity contribution in [3.63, 3.8) is 0 Å². The quantitative estimate of drug-likeness (QED) is 0.556. The molecule has 2 aromatic carbocycles. The molecule has 0 saturated heterocycles. The highest BCUT2D eigenvalue weighted by Crippen LogP contribution is 2.34. The Labute approximate surface area is 177 Å². The van der Waals surface area contributed by atoms with E-state index < -0.39 is 30.4 Å². The number of nitrogens with one attached hydrogen (secondary N) is 2. The van der Waals surface area contributed by atoms with Crippen LogP contribution < -0.4 is 10.8 Å². The molecule has 0 aliphatic rings. The smallest absolute Gasteiger partial charge is 0.320 e. The van der Waals surface area contributed by atoms with Gasteiger partial charge in [0.25, 0.3) is 11.8 Å². The second-order valence-corrected chi connectivity index (χ2v) is 6.79. The average Bonchev–Trinajstić information content (AvgIpc) is 3.02. The molecule has 7 nitrogen and oxygen atoms in total. The van der Waals surface area contributed by atoms with Gasteiger partial charge in [-0.05, 0) is 24.3 Å². The lowest BCUT2D eigenvalue weighted by Gasteiger charge is -2.11.